The molecule has 108 valence electrons. The summed E-state index contributed by atoms with van der Waals surface area (Å²) in [6, 6.07) is 16.4. The summed E-state index contributed by atoms with van der Waals surface area (Å²) in [5.41, 5.74) is 1.36. The molecule has 4 nitrogen and oxygen atoms in total. The molecule has 0 aliphatic carbocycles. The fraction of sp³-hybridized carbons (Fsp3) is 0.176. The lowest BCUT2D eigenvalue weighted by Crippen LogP contribution is -2.11. The molecule has 2 rings (SSSR count). The first-order chi connectivity index (χ1) is 10.1. The monoisotopic (exact) mass is 284 g/mol. The highest BCUT2D eigenvalue weighted by molar-refractivity contribution is 5.91. The number of benzene rings is 2. The van der Waals surface area contributed by atoms with Gasteiger partial charge >= 0.3 is 5.97 Å². The predicted molar refractivity (Wildman–Crippen MR) is 78.2 cm³/mol. The van der Waals surface area contributed by atoms with Crippen molar-refractivity contribution in [1.29, 1.82) is 0 Å². The lowest BCUT2D eigenvalue weighted by atomic mass is 10.1. The standard InChI is InChI=1S/C17H16O4/c1-13(18)11-21-17(19)15-9-7-14(8-10-15)12-20-16-5-3-2-4-6-16/h2-10H,11-12H2,1H3. The van der Waals surface area contributed by atoms with Crippen molar-refractivity contribution >= 4 is 11.8 Å². The van der Waals surface area contributed by atoms with Gasteiger partial charge in [0.1, 0.15) is 19.0 Å². The largest absolute Gasteiger partial charge is 0.489 e. The Balaban J connectivity index is 1.89. The molecule has 0 radical (unpaired) electrons. The Kier molecular flexibility index (Phi) is 5.10. The summed E-state index contributed by atoms with van der Waals surface area (Å²) in [6.45, 7) is 1.60. The summed E-state index contributed by atoms with van der Waals surface area (Å²) in [5, 5.41) is 0. The third-order valence-corrected chi connectivity index (χ3v) is 2.74. The first kappa shape index (κ1) is 14.8. The van der Waals surface area contributed by atoms with Gasteiger partial charge in [0.15, 0.2) is 5.78 Å². The molecule has 0 N–H and O–H groups in total. The van der Waals surface area contributed by atoms with E-state index in [-0.39, 0.29) is 12.4 Å². The van der Waals surface area contributed by atoms with Crippen molar-refractivity contribution in [2.24, 2.45) is 0 Å². The molecule has 2 aromatic carbocycles. The normalized spacial score (nSPS) is 9.95. The number of carbonyl (C=O) groups excluding carboxylic acids is 2. The molecule has 0 saturated carbocycles. The van der Waals surface area contributed by atoms with Crippen LogP contribution in [0.15, 0.2) is 54.6 Å². The molecule has 21 heavy (non-hydrogen) atoms. The SMILES string of the molecule is CC(=O)COC(=O)c1ccc(COc2ccccc2)cc1. The number of hydrogen-bond donors (Lipinski definition) is 0. The second-order valence-corrected chi connectivity index (χ2v) is 4.58. The summed E-state index contributed by atoms with van der Waals surface area (Å²) < 4.78 is 10.4. The lowest BCUT2D eigenvalue weighted by Gasteiger charge is -2.07. The van der Waals surface area contributed by atoms with Gasteiger partial charge in [-0.1, -0.05) is 30.3 Å². The molecule has 0 amide bonds. The van der Waals surface area contributed by atoms with Gasteiger partial charge < -0.3 is 9.47 Å². The quantitative estimate of drug-likeness (QED) is 0.765. The first-order valence-corrected chi connectivity index (χ1v) is 6.58. The zero-order valence-corrected chi connectivity index (χ0v) is 11.7. The molecule has 2 aromatic rings. The van der Waals surface area contributed by atoms with Crippen molar-refractivity contribution in [3.8, 4) is 5.75 Å². The minimum atomic E-state index is -0.499. The van der Waals surface area contributed by atoms with Crippen LogP contribution in [0.25, 0.3) is 0 Å². The van der Waals surface area contributed by atoms with Crippen LogP contribution in [-0.2, 0) is 16.1 Å². The fourth-order valence-corrected chi connectivity index (χ4v) is 1.67. The van der Waals surface area contributed by atoms with Gasteiger partial charge in [-0.15, -0.1) is 0 Å². The Bertz CT molecular complexity index is 602. The lowest BCUT2D eigenvalue weighted by molar-refractivity contribution is -0.120. The molecule has 0 aliphatic heterocycles. The predicted octanol–water partition coefficient (Wildman–Crippen LogP) is 3.01. The van der Waals surface area contributed by atoms with Gasteiger partial charge in [0, 0.05) is 0 Å². The van der Waals surface area contributed by atoms with Gasteiger partial charge in [-0.05, 0) is 36.8 Å². The van der Waals surface area contributed by atoms with Crippen molar-refractivity contribution < 1.29 is 19.1 Å². The van der Waals surface area contributed by atoms with Crippen molar-refractivity contribution in [1.82, 2.24) is 0 Å². The van der Waals surface area contributed by atoms with E-state index in [1.165, 1.54) is 6.92 Å². The van der Waals surface area contributed by atoms with Gasteiger partial charge in [-0.3, -0.25) is 4.79 Å². The molecule has 0 saturated heterocycles. The number of esters is 1. The van der Waals surface area contributed by atoms with E-state index in [1.807, 2.05) is 30.3 Å². The molecular weight excluding hydrogens is 268 g/mol. The molecule has 0 spiro atoms. The van der Waals surface area contributed by atoms with Gasteiger partial charge in [0.05, 0.1) is 5.56 Å². The smallest absolute Gasteiger partial charge is 0.338 e. The molecule has 0 atom stereocenters. The van der Waals surface area contributed by atoms with Crippen LogP contribution in [0.5, 0.6) is 5.75 Å². The van der Waals surface area contributed by atoms with Crippen LogP contribution < -0.4 is 4.74 Å². The maximum atomic E-state index is 11.6. The highest BCUT2D eigenvalue weighted by Gasteiger charge is 2.08. The van der Waals surface area contributed by atoms with Gasteiger partial charge in [-0.25, -0.2) is 4.79 Å². The van der Waals surface area contributed by atoms with E-state index >= 15 is 0 Å². The molecule has 0 heterocycles. The molecule has 0 unspecified atom stereocenters. The number of carbonyl (C=O) groups is 2. The summed E-state index contributed by atoms with van der Waals surface area (Å²) in [6.07, 6.45) is 0. The van der Waals surface area contributed by atoms with Crippen LogP contribution in [-0.4, -0.2) is 18.4 Å². The Morgan fingerprint density at radius 2 is 1.62 bits per heavy atom. The molecular formula is C17H16O4. The van der Waals surface area contributed by atoms with E-state index < -0.39 is 5.97 Å². The van der Waals surface area contributed by atoms with E-state index in [0.717, 1.165) is 11.3 Å². The van der Waals surface area contributed by atoms with Crippen LogP contribution in [0.4, 0.5) is 0 Å². The van der Waals surface area contributed by atoms with E-state index in [9.17, 15) is 9.59 Å². The van der Waals surface area contributed by atoms with Crippen LogP contribution >= 0.6 is 0 Å². The van der Waals surface area contributed by atoms with Crippen LogP contribution in [0.2, 0.25) is 0 Å². The second kappa shape index (κ2) is 7.24. The molecule has 0 aliphatic rings. The van der Waals surface area contributed by atoms with Gasteiger partial charge in [-0.2, -0.15) is 0 Å². The minimum Gasteiger partial charge on any atom is -0.489 e. The molecule has 4 heteroatoms. The van der Waals surface area contributed by atoms with E-state index in [2.05, 4.69) is 0 Å². The molecule has 0 aromatic heterocycles. The molecule has 0 bridgehead atoms. The number of Topliss-reactive ketones (excluding diaryl/α,β-unsaturated/α-hetero) is 1. The third kappa shape index (κ3) is 4.76. The Labute approximate surface area is 123 Å². The van der Waals surface area contributed by atoms with Crippen LogP contribution in [0.1, 0.15) is 22.8 Å². The minimum absolute atomic E-state index is 0.184. The van der Waals surface area contributed by atoms with Crippen molar-refractivity contribution in [3.05, 3.63) is 65.7 Å². The third-order valence-electron chi connectivity index (χ3n) is 2.74. The van der Waals surface area contributed by atoms with Crippen molar-refractivity contribution in [2.45, 2.75) is 13.5 Å². The maximum absolute atomic E-state index is 11.6. The van der Waals surface area contributed by atoms with Gasteiger partial charge in [0.25, 0.3) is 0 Å². The topological polar surface area (TPSA) is 52.6 Å². The average Bonchev–Trinajstić information content (AvgIpc) is 2.52. The van der Waals surface area contributed by atoms with E-state index in [0.29, 0.717) is 12.2 Å². The Morgan fingerprint density at radius 3 is 2.24 bits per heavy atom. The number of rotatable bonds is 6. The van der Waals surface area contributed by atoms with Crippen molar-refractivity contribution in [3.63, 3.8) is 0 Å². The number of para-hydroxylation sites is 1. The summed E-state index contributed by atoms with van der Waals surface area (Å²) in [7, 11) is 0. The summed E-state index contributed by atoms with van der Waals surface area (Å²) >= 11 is 0. The van der Waals surface area contributed by atoms with E-state index in [4.69, 9.17) is 9.47 Å². The second-order valence-electron chi connectivity index (χ2n) is 4.58. The Hall–Kier alpha value is -2.62. The van der Waals surface area contributed by atoms with Gasteiger partial charge in [0.2, 0.25) is 0 Å². The summed E-state index contributed by atoms with van der Waals surface area (Å²) in [4.78, 5) is 22.4. The number of ketones is 1. The van der Waals surface area contributed by atoms with Crippen LogP contribution in [0.3, 0.4) is 0 Å². The number of hydrogen-bond acceptors (Lipinski definition) is 4. The highest BCUT2D eigenvalue weighted by Crippen LogP contribution is 2.12. The Morgan fingerprint density at radius 1 is 0.952 bits per heavy atom. The van der Waals surface area contributed by atoms with Crippen molar-refractivity contribution in [2.75, 3.05) is 6.61 Å². The number of ether oxygens (including phenoxy) is 2. The van der Waals surface area contributed by atoms with E-state index in [1.54, 1.807) is 24.3 Å². The zero-order valence-electron chi connectivity index (χ0n) is 11.7. The highest BCUT2D eigenvalue weighted by atomic mass is 16.5. The summed E-state index contributed by atoms with van der Waals surface area (Å²) in [5.74, 6) is 0.111. The zero-order chi connectivity index (χ0) is 15.1. The fourth-order valence-electron chi connectivity index (χ4n) is 1.67. The average molecular weight is 284 g/mol. The van der Waals surface area contributed by atoms with Crippen LogP contribution in [0, 0.1) is 0 Å². The first-order valence-electron chi connectivity index (χ1n) is 6.58. The maximum Gasteiger partial charge on any atom is 0.338 e. The molecule has 0 fully saturated rings.